The highest BCUT2D eigenvalue weighted by molar-refractivity contribution is 7.91. The van der Waals surface area contributed by atoms with E-state index in [0.717, 1.165) is 0 Å². The van der Waals surface area contributed by atoms with Crippen LogP contribution in [0.25, 0.3) is 0 Å². The van der Waals surface area contributed by atoms with E-state index in [9.17, 15) is 13.5 Å². The number of hydrogen-bond acceptors (Lipinski definition) is 3. The maximum atomic E-state index is 11.6. The molecule has 1 N–H and O–H groups in total. The predicted octanol–water partition coefficient (Wildman–Crippen LogP) is 1.22. The molecule has 0 amide bonds. The molecule has 0 aliphatic heterocycles. The van der Waals surface area contributed by atoms with Crippen molar-refractivity contribution in [3.8, 4) is 0 Å². The molecule has 0 aromatic rings. The van der Waals surface area contributed by atoms with Gasteiger partial charge in [0.1, 0.15) is 0 Å². The van der Waals surface area contributed by atoms with Crippen LogP contribution in [-0.4, -0.2) is 30.6 Å². The SMILES string of the molecule is CC1(C)[C@@H]2C[C@H](S(C)(=O)=O)[C@@](C)(O)C[C@@H]21. The Morgan fingerprint density at radius 3 is 2.20 bits per heavy atom. The second-order valence-electron chi connectivity index (χ2n) is 6.15. The third-order valence-corrected chi connectivity index (χ3v) is 6.33. The molecule has 0 unspecified atom stereocenters. The first-order chi connectivity index (χ1) is 6.57. The van der Waals surface area contributed by atoms with Gasteiger partial charge in [-0.2, -0.15) is 0 Å². The van der Waals surface area contributed by atoms with E-state index in [1.807, 2.05) is 0 Å². The van der Waals surface area contributed by atoms with Crippen LogP contribution in [0.5, 0.6) is 0 Å². The van der Waals surface area contributed by atoms with Crippen molar-refractivity contribution in [2.24, 2.45) is 17.3 Å². The number of sulfone groups is 1. The Morgan fingerprint density at radius 1 is 1.20 bits per heavy atom. The summed E-state index contributed by atoms with van der Waals surface area (Å²) in [5.74, 6) is 0.989. The van der Waals surface area contributed by atoms with Crippen LogP contribution in [-0.2, 0) is 9.84 Å². The number of fused-ring (bicyclic) bond motifs is 1. The van der Waals surface area contributed by atoms with Crippen LogP contribution in [0, 0.1) is 17.3 Å². The summed E-state index contributed by atoms with van der Waals surface area (Å²) in [6.45, 7) is 6.01. The second kappa shape index (κ2) is 2.77. The number of rotatable bonds is 1. The van der Waals surface area contributed by atoms with Crippen molar-refractivity contribution in [3.05, 3.63) is 0 Å². The molecule has 0 heterocycles. The van der Waals surface area contributed by atoms with Crippen molar-refractivity contribution in [1.29, 1.82) is 0 Å². The Kier molecular flexibility index (Phi) is 2.11. The summed E-state index contributed by atoms with van der Waals surface area (Å²) in [5, 5.41) is 9.64. The quantitative estimate of drug-likeness (QED) is 0.739. The molecule has 0 saturated heterocycles. The van der Waals surface area contributed by atoms with Gasteiger partial charge in [-0.05, 0) is 37.0 Å². The summed E-state index contributed by atoms with van der Waals surface area (Å²) in [4.78, 5) is 0. The lowest BCUT2D eigenvalue weighted by molar-refractivity contribution is 0.0219. The molecule has 88 valence electrons. The van der Waals surface area contributed by atoms with Gasteiger partial charge in [-0.25, -0.2) is 8.42 Å². The van der Waals surface area contributed by atoms with Gasteiger partial charge in [0, 0.05) is 6.26 Å². The molecule has 0 radical (unpaired) electrons. The Bertz CT molecular complexity index is 381. The van der Waals surface area contributed by atoms with Gasteiger partial charge in [0.25, 0.3) is 0 Å². The van der Waals surface area contributed by atoms with E-state index < -0.39 is 20.7 Å². The molecule has 0 spiro atoms. The monoisotopic (exact) mass is 232 g/mol. The highest BCUT2D eigenvalue weighted by atomic mass is 32.2. The van der Waals surface area contributed by atoms with Crippen LogP contribution in [0.3, 0.4) is 0 Å². The lowest BCUT2D eigenvalue weighted by atomic mass is 9.86. The summed E-state index contributed by atoms with van der Waals surface area (Å²) in [6, 6.07) is 0. The molecule has 2 rings (SSSR count). The maximum absolute atomic E-state index is 11.6. The standard InChI is InChI=1S/C11H20O3S/c1-10(2)7-5-9(15(4,13)14)11(3,12)6-8(7)10/h7-9,12H,5-6H2,1-4H3/t7-,8+,9+,11+/m1/s1. The van der Waals surface area contributed by atoms with E-state index in [4.69, 9.17) is 0 Å². The largest absolute Gasteiger partial charge is 0.389 e. The van der Waals surface area contributed by atoms with Crippen molar-refractivity contribution in [1.82, 2.24) is 0 Å². The maximum Gasteiger partial charge on any atom is 0.153 e. The minimum atomic E-state index is -3.14. The Morgan fingerprint density at radius 2 is 1.73 bits per heavy atom. The molecule has 2 fully saturated rings. The van der Waals surface area contributed by atoms with Crippen molar-refractivity contribution < 1.29 is 13.5 Å². The minimum absolute atomic E-state index is 0.226. The van der Waals surface area contributed by atoms with Gasteiger partial charge < -0.3 is 5.11 Å². The molecule has 2 saturated carbocycles. The lowest BCUT2D eigenvalue weighted by Gasteiger charge is -2.35. The van der Waals surface area contributed by atoms with E-state index >= 15 is 0 Å². The summed E-state index contributed by atoms with van der Waals surface area (Å²) in [7, 11) is -3.14. The zero-order chi connectivity index (χ0) is 11.6. The molecule has 2 aliphatic carbocycles. The van der Waals surface area contributed by atoms with Crippen LogP contribution in [0.2, 0.25) is 0 Å². The smallest absolute Gasteiger partial charge is 0.153 e. The third-order valence-electron chi connectivity index (χ3n) is 4.60. The van der Waals surface area contributed by atoms with Gasteiger partial charge in [-0.3, -0.25) is 0 Å². The van der Waals surface area contributed by atoms with Gasteiger partial charge in [-0.1, -0.05) is 13.8 Å². The van der Waals surface area contributed by atoms with Crippen molar-refractivity contribution >= 4 is 9.84 Å². The zero-order valence-corrected chi connectivity index (χ0v) is 10.6. The lowest BCUT2D eigenvalue weighted by Crippen LogP contribution is -2.47. The van der Waals surface area contributed by atoms with Gasteiger partial charge in [-0.15, -0.1) is 0 Å². The molecule has 15 heavy (non-hydrogen) atoms. The average molecular weight is 232 g/mol. The summed E-state index contributed by atoms with van der Waals surface area (Å²) >= 11 is 0. The predicted molar refractivity (Wildman–Crippen MR) is 59.3 cm³/mol. The number of hydrogen-bond donors (Lipinski definition) is 1. The van der Waals surface area contributed by atoms with E-state index in [1.54, 1.807) is 6.92 Å². The van der Waals surface area contributed by atoms with Crippen LogP contribution < -0.4 is 0 Å². The minimum Gasteiger partial charge on any atom is -0.389 e. The van der Waals surface area contributed by atoms with Gasteiger partial charge in [0.05, 0.1) is 10.9 Å². The molecular formula is C11H20O3S. The Hall–Kier alpha value is -0.0900. The molecule has 3 nitrogen and oxygen atoms in total. The normalized spacial score (nSPS) is 48.5. The number of aliphatic hydroxyl groups is 1. The van der Waals surface area contributed by atoms with Crippen LogP contribution in [0.15, 0.2) is 0 Å². The fourth-order valence-electron chi connectivity index (χ4n) is 3.43. The third kappa shape index (κ3) is 1.62. The summed E-state index contributed by atoms with van der Waals surface area (Å²) in [5.41, 5.74) is -0.814. The summed E-state index contributed by atoms with van der Waals surface area (Å²) < 4.78 is 23.2. The van der Waals surface area contributed by atoms with Crippen LogP contribution >= 0.6 is 0 Å². The first kappa shape index (κ1) is 11.4. The Labute approximate surface area is 91.8 Å². The molecule has 4 atom stereocenters. The molecule has 0 bridgehead atoms. The van der Waals surface area contributed by atoms with Crippen LogP contribution in [0.1, 0.15) is 33.6 Å². The fraction of sp³-hybridized carbons (Fsp3) is 1.00. The first-order valence-electron chi connectivity index (χ1n) is 5.48. The topological polar surface area (TPSA) is 54.4 Å². The molecule has 4 heteroatoms. The first-order valence-corrected chi connectivity index (χ1v) is 7.43. The fourth-order valence-corrected chi connectivity index (χ4v) is 5.00. The van der Waals surface area contributed by atoms with E-state index in [1.165, 1.54) is 6.26 Å². The second-order valence-corrected chi connectivity index (χ2v) is 8.38. The molecule has 2 aliphatic rings. The van der Waals surface area contributed by atoms with E-state index in [0.29, 0.717) is 24.7 Å². The van der Waals surface area contributed by atoms with E-state index in [-0.39, 0.29) is 5.41 Å². The highest BCUT2D eigenvalue weighted by Gasteiger charge is 2.65. The van der Waals surface area contributed by atoms with Gasteiger partial charge in [0.2, 0.25) is 0 Å². The molecule has 0 aromatic carbocycles. The van der Waals surface area contributed by atoms with Crippen LogP contribution in [0.4, 0.5) is 0 Å². The van der Waals surface area contributed by atoms with Crippen molar-refractivity contribution in [3.63, 3.8) is 0 Å². The van der Waals surface area contributed by atoms with Gasteiger partial charge in [0.15, 0.2) is 9.84 Å². The molecular weight excluding hydrogens is 212 g/mol. The van der Waals surface area contributed by atoms with Gasteiger partial charge >= 0.3 is 0 Å². The zero-order valence-electron chi connectivity index (χ0n) is 9.82. The Balaban J connectivity index is 2.29. The highest BCUT2D eigenvalue weighted by Crippen LogP contribution is 2.67. The van der Waals surface area contributed by atoms with Crippen molar-refractivity contribution in [2.45, 2.75) is 44.5 Å². The van der Waals surface area contributed by atoms with Crippen molar-refractivity contribution in [2.75, 3.05) is 6.26 Å². The average Bonchev–Trinajstić information content (AvgIpc) is 2.47. The summed E-state index contributed by atoms with van der Waals surface area (Å²) in [6.07, 6.45) is 2.49. The molecule has 0 aromatic heterocycles. The van der Waals surface area contributed by atoms with E-state index in [2.05, 4.69) is 13.8 Å².